The molecule has 0 spiro atoms. The van der Waals surface area contributed by atoms with Crippen molar-refractivity contribution < 1.29 is 9.90 Å². The van der Waals surface area contributed by atoms with Crippen LogP contribution in [-0.4, -0.2) is 17.6 Å². The highest BCUT2D eigenvalue weighted by atomic mass is 32.1. The molecular weight excluding hydrogens is 226 g/mol. The summed E-state index contributed by atoms with van der Waals surface area (Å²) in [7, 11) is 0. The van der Waals surface area contributed by atoms with E-state index in [4.69, 9.17) is 5.11 Å². The van der Waals surface area contributed by atoms with Crippen LogP contribution in [0.25, 0.3) is 10.1 Å². The molecule has 82 valence electrons. The minimum atomic E-state index is -0.628. The quantitative estimate of drug-likeness (QED) is 0.821. The van der Waals surface area contributed by atoms with Crippen molar-refractivity contribution in [2.45, 2.75) is 0 Å². The van der Waals surface area contributed by atoms with Gasteiger partial charge in [-0.15, -0.1) is 11.3 Å². The van der Waals surface area contributed by atoms with E-state index >= 15 is 0 Å². The Morgan fingerprint density at radius 1 is 1.38 bits per heavy atom. The third-order valence-electron chi connectivity index (χ3n) is 2.10. The maximum atomic E-state index is 11.9. The molecule has 0 saturated heterocycles. The number of amides is 1. The van der Waals surface area contributed by atoms with Gasteiger partial charge in [0.1, 0.15) is 6.61 Å². The van der Waals surface area contributed by atoms with Crippen LogP contribution in [-0.2, 0) is 4.79 Å². The van der Waals surface area contributed by atoms with E-state index in [1.165, 1.54) is 11.3 Å². The molecule has 1 heterocycles. The Balaban J connectivity index is 2.53. The molecule has 0 radical (unpaired) electrons. The molecule has 0 aliphatic rings. The number of nitrogens with one attached hydrogen (secondary N) is 1. The van der Waals surface area contributed by atoms with Gasteiger partial charge in [-0.05, 0) is 12.1 Å². The van der Waals surface area contributed by atoms with Gasteiger partial charge in [0.15, 0.2) is 0 Å². The predicted octanol–water partition coefficient (Wildman–Crippen LogP) is 1.19. The number of anilines is 1. The Labute approximate surface area is 95.2 Å². The highest BCUT2D eigenvalue weighted by Crippen LogP contribution is 2.18. The van der Waals surface area contributed by atoms with Gasteiger partial charge in [-0.3, -0.25) is 9.59 Å². The highest BCUT2D eigenvalue weighted by Gasteiger charge is 2.07. The van der Waals surface area contributed by atoms with Crippen molar-refractivity contribution in [3.63, 3.8) is 0 Å². The molecule has 1 amide bonds. The van der Waals surface area contributed by atoms with Gasteiger partial charge in [-0.1, -0.05) is 12.1 Å². The Kier molecular flexibility index (Phi) is 2.98. The summed E-state index contributed by atoms with van der Waals surface area (Å²) in [5.41, 5.74) is -0.0149. The zero-order valence-corrected chi connectivity index (χ0v) is 9.08. The van der Waals surface area contributed by atoms with Crippen molar-refractivity contribution in [2.75, 3.05) is 11.9 Å². The molecule has 1 aromatic carbocycles. The lowest BCUT2D eigenvalue weighted by atomic mass is 10.2. The fourth-order valence-electron chi connectivity index (χ4n) is 1.35. The van der Waals surface area contributed by atoms with Crippen LogP contribution in [0.4, 0.5) is 5.69 Å². The maximum absolute atomic E-state index is 11.9. The molecule has 0 aliphatic carbocycles. The lowest BCUT2D eigenvalue weighted by Crippen LogP contribution is -2.20. The van der Waals surface area contributed by atoms with Gasteiger partial charge in [0.05, 0.1) is 5.69 Å². The molecule has 0 fully saturated rings. The first-order chi connectivity index (χ1) is 7.72. The fraction of sp³-hybridized carbons (Fsp3) is 0.0909. The number of hydrogen-bond donors (Lipinski definition) is 2. The summed E-state index contributed by atoms with van der Waals surface area (Å²) in [6.45, 7) is -0.628. The van der Waals surface area contributed by atoms with Crippen molar-refractivity contribution in [3.05, 3.63) is 39.9 Å². The smallest absolute Gasteiger partial charge is 0.250 e. The Bertz CT molecular complexity index is 591. The molecule has 2 N–H and O–H groups in total. The zero-order valence-electron chi connectivity index (χ0n) is 8.27. The van der Waals surface area contributed by atoms with Gasteiger partial charge in [0.2, 0.25) is 11.3 Å². The highest BCUT2D eigenvalue weighted by molar-refractivity contribution is 7.16. The monoisotopic (exact) mass is 235 g/mol. The zero-order chi connectivity index (χ0) is 11.5. The third-order valence-corrected chi connectivity index (χ3v) is 3.06. The van der Waals surface area contributed by atoms with Crippen molar-refractivity contribution in [1.82, 2.24) is 0 Å². The van der Waals surface area contributed by atoms with E-state index in [2.05, 4.69) is 5.32 Å². The molecule has 2 rings (SSSR count). The van der Waals surface area contributed by atoms with Gasteiger partial charge < -0.3 is 10.4 Å². The molecule has 0 bridgehead atoms. The molecule has 4 nitrogen and oxygen atoms in total. The van der Waals surface area contributed by atoms with Crippen LogP contribution in [0, 0.1) is 0 Å². The summed E-state index contributed by atoms with van der Waals surface area (Å²) in [5, 5.41) is 13.1. The minimum Gasteiger partial charge on any atom is -0.387 e. The van der Waals surface area contributed by atoms with E-state index in [1.54, 1.807) is 17.5 Å². The predicted molar refractivity (Wildman–Crippen MR) is 63.8 cm³/mol. The van der Waals surface area contributed by atoms with Crippen LogP contribution in [0.2, 0.25) is 0 Å². The average molecular weight is 235 g/mol. The standard InChI is InChI=1S/C11H9NO3S/c13-5-10(14)12-8-6-16-9-4-2-1-3-7(9)11(8)15/h1-4,6,13H,5H2,(H,12,14). The first-order valence-electron chi connectivity index (χ1n) is 4.63. The lowest BCUT2D eigenvalue weighted by molar-refractivity contribution is -0.118. The van der Waals surface area contributed by atoms with Crippen LogP contribution in [0.3, 0.4) is 0 Å². The number of carbonyl (C=O) groups excluding carboxylic acids is 1. The molecule has 0 saturated carbocycles. The second kappa shape index (κ2) is 4.42. The van der Waals surface area contributed by atoms with E-state index in [9.17, 15) is 9.59 Å². The van der Waals surface area contributed by atoms with Gasteiger partial charge in [-0.2, -0.15) is 0 Å². The number of aliphatic hydroxyl groups excluding tert-OH is 1. The first-order valence-corrected chi connectivity index (χ1v) is 5.51. The SMILES string of the molecule is O=C(CO)Nc1csc2ccccc2c1=O. The van der Waals surface area contributed by atoms with Crippen LogP contribution < -0.4 is 10.7 Å². The van der Waals surface area contributed by atoms with Crippen molar-refractivity contribution in [2.24, 2.45) is 0 Å². The van der Waals surface area contributed by atoms with Gasteiger partial charge in [0, 0.05) is 15.5 Å². The van der Waals surface area contributed by atoms with Gasteiger partial charge in [-0.25, -0.2) is 0 Å². The van der Waals surface area contributed by atoms with E-state index in [0.29, 0.717) is 5.39 Å². The van der Waals surface area contributed by atoms with Gasteiger partial charge >= 0.3 is 0 Å². The maximum Gasteiger partial charge on any atom is 0.250 e. The summed E-state index contributed by atoms with van der Waals surface area (Å²) in [4.78, 5) is 22.9. The molecule has 0 atom stereocenters. The third kappa shape index (κ3) is 1.95. The van der Waals surface area contributed by atoms with Crippen LogP contribution in [0.15, 0.2) is 34.4 Å². The number of rotatable bonds is 2. The van der Waals surface area contributed by atoms with Crippen LogP contribution in [0.1, 0.15) is 0 Å². The van der Waals surface area contributed by atoms with Crippen LogP contribution in [0.5, 0.6) is 0 Å². The summed E-state index contributed by atoms with van der Waals surface area (Å²) >= 11 is 1.37. The summed E-state index contributed by atoms with van der Waals surface area (Å²) in [5.74, 6) is -0.584. The Hall–Kier alpha value is -1.72. The van der Waals surface area contributed by atoms with Crippen molar-refractivity contribution in [3.8, 4) is 0 Å². The normalized spacial score (nSPS) is 10.3. The van der Waals surface area contributed by atoms with E-state index in [0.717, 1.165) is 4.70 Å². The van der Waals surface area contributed by atoms with E-state index in [-0.39, 0.29) is 11.1 Å². The van der Waals surface area contributed by atoms with Crippen molar-refractivity contribution in [1.29, 1.82) is 0 Å². The van der Waals surface area contributed by atoms with E-state index in [1.807, 2.05) is 12.1 Å². The number of aliphatic hydroxyl groups is 1. The fourth-order valence-corrected chi connectivity index (χ4v) is 2.21. The largest absolute Gasteiger partial charge is 0.387 e. The Morgan fingerprint density at radius 2 is 2.12 bits per heavy atom. The lowest BCUT2D eigenvalue weighted by Gasteiger charge is -2.02. The molecule has 2 aromatic rings. The second-order valence-corrected chi connectivity index (χ2v) is 4.09. The molecule has 16 heavy (non-hydrogen) atoms. The second-order valence-electron chi connectivity index (χ2n) is 3.18. The topological polar surface area (TPSA) is 66.4 Å². The summed E-state index contributed by atoms with van der Waals surface area (Å²) in [6, 6.07) is 7.18. The molecule has 1 aromatic heterocycles. The summed E-state index contributed by atoms with van der Waals surface area (Å²) < 4.78 is 0.870. The Morgan fingerprint density at radius 3 is 2.88 bits per heavy atom. The number of carbonyl (C=O) groups is 1. The molecule has 0 aliphatic heterocycles. The molecule has 0 unspecified atom stereocenters. The number of fused-ring (bicyclic) bond motifs is 1. The summed E-state index contributed by atoms with van der Waals surface area (Å²) in [6.07, 6.45) is 0. The molecule has 5 heteroatoms. The van der Waals surface area contributed by atoms with Crippen LogP contribution >= 0.6 is 11.3 Å². The number of hydrogen-bond acceptors (Lipinski definition) is 4. The minimum absolute atomic E-state index is 0.211. The first kappa shape index (κ1) is 10.8. The van der Waals surface area contributed by atoms with Crippen molar-refractivity contribution >= 4 is 33.0 Å². The average Bonchev–Trinajstić information content (AvgIpc) is 2.33. The number of benzene rings is 1. The van der Waals surface area contributed by atoms with Gasteiger partial charge in [0.25, 0.3) is 0 Å². The molecular formula is C11H9NO3S. The van der Waals surface area contributed by atoms with E-state index < -0.39 is 12.5 Å².